The lowest BCUT2D eigenvalue weighted by Crippen LogP contribution is -1.96. The molecule has 6 aromatic carbocycles. The number of benzene rings is 6. The Bertz CT molecular complexity index is 2210. The summed E-state index contributed by atoms with van der Waals surface area (Å²) in [6.45, 7) is 0. The van der Waals surface area contributed by atoms with Crippen LogP contribution in [-0.2, 0) is 0 Å². The van der Waals surface area contributed by atoms with Crippen molar-refractivity contribution in [3.8, 4) is 55.6 Å². The lowest BCUT2D eigenvalue weighted by Gasteiger charge is -2.11. The van der Waals surface area contributed by atoms with Gasteiger partial charge in [-0.15, -0.1) is 11.3 Å². The van der Waals surface area contributed by atoms with E-state index in [-0.39, 0.29) is 0 Å². The van der Waals surface area contributed by atoms with Gasteiger partial charge in [0.25, 0.3) is 0 Å². The van der Waals surface area contributed by atoms with Gasteiger partial charge in [-0.1, -0.05) is 133 Å². The highest BCUT2D eigenvalue weighted by molar-refractivity contribution is 7.22. The van der Waals surface area contributed by atoms with E-state index in [0.29, 0.717) is 5.82 Å². The molecule has 0 saturated carbocycles. The van der Waals surface area contributed by atoms with Crippen molar-refractivity contribution in [3.63, 3.8) is 0 Å². The standard InChI is InChI=1S/C39H25N3S/c1-4-10-26(11-5-1)27-16-19-30(20-17-27)38-40-35(29-12-6-2-7-13-29)25-36(41-38)32-21-18-28-22-23-34-37(33(28)24-32)43-39(42-34)31-14-8-3-9-15-31/h1-25H. The molecule has 0 N–H and O–H groups in total. The molecular formula is C39H25N3S. The van der Waals surface area contributed by atoms with Crippen molar-refractivity contribution in [1.29, 1.82) is 0 Å². The van der Waals surface area contributed by atoms with Crippen LogP contribution in [0.3, 0.4) is 0 Å². The molecule has 0 bridgehead atoms. The first-order valence-electron chi connectivity index (χ1n) is 14.3. The van der Waals surface area contributed by atoms with Gasteiger partial charge >= 0.3 is 0 Å². The summed E-state index contributed by atoms with van der Waals surface area (Å²) in [6, 6.07) is 52.6. The van der Waals surface area contributed by atoms with Gasteiger partial charge in [0.05, 0.1) is 21.6 Å². The molecule has 43 heavy (non-hydrogen) atoms. The molecular weight excluding hydrogens is 543 g/mol. The summed E-state index contributed by atoms with van der Waals surface area (Å²) in [4.78, 5) is 15.1. The molecule has 0 unspecified atom stereocenters. The molecule has 0 aliphatic heterocycles. The first kappa shape index (κ1) is 25.3. The summed E-state index contributed by atoms with van der Waals surface area (Å²) < 4.78 is 1.19. The molecule has 0 amide bonds. The fraction of sp³-hybridized carbons (Fsp3) is 0. The van der Waals surface area contributed by atoms with Crippen LogP contribution in [0, 0.1) is 0 Å². The van der Waals surface area contributed by atoms with Gasteiger partial charge in [0.1, 0.15) is 5.01 Å². The van der Waals surface area contributed by atoms with E-state index in [1.807, 2.05) is 30.3 Å². The number of hydrogen-bond donors (Lipinski definition) is 0. The van der Waals surface area contributed by atoms with E-state index >= 15 is 0 Å². The minimum Gasteiger partial charge on any atom is -0.236 e. The highest BCUT2D eigenvalue weighted by Gasteiger charge is 2.14. The number of rotatable bonds is 5. The fourth-order valence-corrected chi connectivity index (χ4v) is 6.59. The summed E-state index contributed by atoms with van der Waals surface area (Å²) in [6.07, 6.45) is 0. The molecule has 8 aromatic rings. The molecule has 2 aromatic heterocycles. The molecule has 0 aliphatic carbocycles. The molecule has 8 rings (SSSR count). The Morgan fingerprint density at radius 2 is 0.930 bits per heavy atom. The molecule has 0 saturated heterocycles. The van der Waals surface area contributed by atoms with Crippen molar-refractivity contribution in [2.24, 2.45) is 0 Å². The van der Waals surface area contributed by atoms with Gasteiger partial charge in [-0.05, 0) is 34.7 Å². The molecule has 3 nitrogen and oxygen atoms in total. The van der Waals surface area contributed by atoms with Crippen LogP contribution in [0.5, 0.6) is 0 Å². The van der Waals surface area contributed by atoms with Crippen LogP contribution >= 0.6 is 11.3 Å². The van der Waals surface area contributed by atoms with Crippen LogP contribution in [0.2, 0.25) is 0 Å². The van der Waals surface area contributed by atoms with E-state index in [9.17, 15) is 0 Å². The Labute approximate surface area is 253 Å². The second-order valence-corrected chi connectivity index (χ2v) is 11.5. The Balaban J connectivity index is 1.26. The smallest absolute Gasteiger partial charge is 0.160 e. The van der Waals surface area contributed by atoms with Crippen molar-refractivity contribution >= 4 is 32.3 Å². The van der Waals surface area contributed by atoms with Gasteiger partial charge in [-0.3, -0.25) is 0 Å². The zero-order valence-electron chi connectivity index (χ0n) is 23.2. The van der Waals surface area contributed by atoms with Gasteiger partial charge in [0.2, 0.25) is 0 Å². The summed E-state index contributed by atoms with van der Waals surface area (Å²) in [5, 5.41) is 3.40. The maximum atomic E-state index is 5.12. The Kier molecular flexibility index (Phi) is 6.32. The molecule has 0 fully saturated rings. The minimum atomic E-state index is 0.707. The zero-order chi connectivity index (χ0) is 28.6. The largest absolute Gasteiger partial charge is 0.236 e. The fourth-order valence-electron chi connectivity index (χ4n) is 5.49. The van der Waals surface area contributed by atoms with Crippen LogP contribution in [0.1, 0.15) is 0 Å². The van der Waals surface area contributed by atoms with Crippen molar-refractivity contribution in [2.75, 3.05) is 0 Å². The van der Waals surface area contributed by atoms with Crippen LogP contribution in [0.25, 0.3) is 76.6 Å². The summed E-state index contributed by atoms with van der Waals surface area (Å²) in [5.41, 5.74) is 9.40. The number of aromatic nitrogens is 3. The Morgan fingerprint density at radius 3 is 1.63 bits per heavy atom. The third-order valence-electron chi connectivity index (χ3n) is 7.73. The molecule has 0 spiro atoms. The summed E-state index contributed by atoms with van der Waals surface area (Å²) >= 11 is 1.74. The van der Waals surface area contributed by atoms with Crippen molar-refractivity contribution in [2.45, 2.75) is 0 Å². The van der Waals surface area contributed by atoms with Gasteiger partial charge in [0, 0.05) is 27.6 Å². The van der Waals surface area contributed by atoms with E-state index in [1.54, 1.807) is 11.3 Å². The lowest BCUT2D eigenvalue weighted by atomic mass is 10.0. The van der Waals surface area contributed by atoms with Gasteiger partial charge in [-0.2, -0.15) is 0 Å². The summed E-state index contributed by atoms with van der Waals surface area (Å²) in [7, 11) is 0. The topological polar surface area (TPSA) is 38.7 Å². The van der Waals surface area contributed by atoms with E-state index in [0.717, 1.165) is 44.2 Å². The van der Waals surface area contributed by atoms with Gasteiger partial charge < -0.3 is 0 Å². The van der Waals surface area contributed by atoms with Gasteiger partial charge in [-0.25, -0.2) is 15.0 Å². The zero-order valence-corrected chi connectivity index (χ0v) is 24.0. The molecule has 0 radical (unpaired) electrons. The molecule has 0 atom stereocenters. The molecule has 0 aliphatic rings. The predicted octanol–water partition coefficient (Wildman–Crippen LogP) is 10.6. The normalized spacial score (nSPS) is 11.3. The first-order chi connectivity index (χ1) is 21.3. The average molecular weight is 568 g/mol. The number of hydrogen-bond acceptors (Lipinski definition) is 4. The molecule has 202 valence electrons. The number of fused-ring (bicyclic) bond motifs is 3. The predicted molar refractivity (Wildman–Crippen MR) is 180 cm³/mol. The quantitative estimate of drug-likeness (QED) is 0.208. The Morgan fingerprint density at radius 1 is 0.395 bits per heavy atom. The van der Waals surface area contributed by atoms with Gasteiger partial charge in [0.15, 0.2) is 5.82 Å². The Hall–Kier alpha value is -5.45. The maximum absolute atomic E-state index is 5.12. The van der Waals surface area contributed by atoms with Crippen molar-refractivity contribution < 1.29 is 0 Å². The van der Waals surface area contributed by atoms with Crippen molar-refractivity contribution in [1.82, 2.24) is 15.0 Å². The summed E-state index contributed by atoms with van der Waals surface area (Å²) in [5.74, 6) is 0.707. The SMILES string of the molecule is c1ccc(-c2ccc(-c3nc(-c4ccccc4)cc(-c4ccc5ccc6nc(-c7ccccc7)sc6c5c4)n3)cc2)cc1. The van der Waals surface area contributed by atoms with Crippen molar-refractivity contribution in [3.05, 3.63) is 152 Å². The lowest BCUT2D eigenvalue weighted by molar-refractivity contribution is 1.18. The van der Waals surface area contributed by atoms with Crippen LogP contribution in [0.4, 0.5) is 0 Å². The highest BCUT2D eigenvalue weighted by atomic mass is 32.1. The number of thiazole rings is 1. The monoisotopic (exact) mass is 567 g/mol. The van der Waals surface area contributed by atoms with Crippen LogP contribution in [-0.4, -0.2) is 15.0 Å². The van der Waals surface area contributed by atoms with Crippen LogP contribution < -0.4 is 0 Å². The molecule has 4 heteroatoms. The minimum absolute atomic E-state index is 0.707. The van der Waals surface area contributed by atoms with E-state index in [2.05, 4.69) is 121 Å². The van der Waals surface area contributed by atoms with E-state index in [1.165, 1.54) is 26.6 Å². The van der Waals surface area contributed by atoms with E-state index in [4.69, 9.17) is 15.0 Å². The van der Waals surface area contributed by atoms with Crippen LogP contribution in [0.15, 0.2) is 152 Å². The third-order valence-corrected chi connectivity index (χ3v) is 8.89. The second kappa shape index (κ2) is 10.8. The molecule has 2 heterocycles. The van der Waals surface area contributed by atoms with E-state index < -0.39 is 0 Å². The number of nitrogens with zero attached hydrogens (tertiary/aromatic N) is 3. The average Bonchev–Trinajstić information content (AvgIpc) is 3.54. The maximum Gasteiger partial charge on any atom is 0.160 e. The first-order valence-corrected chi connectivity index (χ1v) is 15.1. The highest BCUT2D eigenvalue weighted by Crippen LogP contribution is 2.37. The second-order valence-electron chi connectivity index (χ2n) is 10.5. The third kappa shape index (κ3) is 4.88.